The van der Waals surface area contributed by atoms with Gasteiger partial charge < -0.3 is 9.84 Å². The van der Waals surface area contributed by atoms with Crippen LogP contribution in [0, 0.1) is 11.3 Å². The Bertz CT molecular complexity index is 746. The van der Waals surface area contributed by atoms with Crippen molar-refractivity contribution in [1.82, 2.24) is 5.16 Å². The van der Waals surface area contributed by atoms with E-state index in [0.717, 1.165) is 41.2 Å². The van der Waals surface area contributed by atoms with E-state index in [9.17, 15) is 4.79 Å². The van der Waals surface area contributed by atoms with Gasteiger partial charge in [0, 0.05) is 16.9 Å². The third kappa shape index (κ3) is 3.36. The van der Waals surface area contributed by atoms with Crippen LogP contribution in [0.15, 0.2) is 33.7 Å². The molecule has 0 saturated carbocycles. The van der Waals surface area contributed by atoms with Crippen molar-refractivity contribution in [3.63, 3.8) is 0 Å². The predicted molar refractivity (Wildman–Crippen MR) is 97.6 cm³/mol. The molecule has 1 aromatic carbocycles. The van der Waals surface area contributed by atoms with E-state index in [1.807, 2.05) is 30.5 Å². The molecular weight excluding hydrogens is 320 g/mol. The van der Waals surface area contributed by atoms with Crippen LogP contribution in [0.1, 0.15) is 49.0 Å². The summed E-state index contributed by atoms with van der Waals surface area (Å²) in [7, 11) is 0. The summed E-state index contributed by atoms with van der Waals surface area (Å²) in [4.78, 5) is 13.8. The second-order valence-corrected chi connectivity index (χ2v) is 8.24. The maximum absolute atomic E-state index is 12.7. The molecule has 5 heteroatoms. The van der Waals surface area contributed by atoms with Crippen LogP contribution in [0.2, 0.25) is 0 Å². The molecule has 24 heavy (non-hydrogen) atoms. The fourth-order valence-electron chi connectivity index (χ4n) is 3.25. The Morgan fingerprint density at radius 2 is 2.08 bits per heavy atom. The number of nitrogens with one attached hydrogen (secondary N) is 1. The van der Waals surface area contributed by atoms with Crippen molar-refractivity contribution in [1.29, 1.82) is 0 Å². The quantitative estimate of drug-likeness (QED) is 0.813. The van der Waals surface area contributed by atoms with Crippen molar-refractivity contribution in [3.05, 3.63) is 41.3 Å². The Hall–Kier alpha value is -1.75. The molecule has 0 spiro atoms. The van der Waals surface area contributed by atoms with Crippen molar-refractivity contribution in [3.8, 4) is 0 Å². The lowest BCUT2D eigenvalue weighted by atomic mass is 9.71. The summed E-state index contributed by atoms with van der Waals surface area (Å²) in [5, 5.41) is 7.06. The Labute approximate surface area is 147 Å². The summed E-state index contributed by atoms with van der Waals surface area (Å²) in [6.45, 7) is 6.76. The molecule has 0 bridgehead atoms. The van der Waals surface area contributed by atoms with Crippen LogP contribution in [0.3, 0.4) is 0 Å². The van der Waals surface area contributed by atoms with Crippen LogP contribution in [-0.4, -0.2) is 17.3 Å². The molecule has 0 radical (unpaired) electrons. The monoisotopic (exact) mass is 344 g/mol. The summed E-state index contributed by atoms with van der Waals surface area (Å²) in [5.41, 5.74) is 2.46. The molecule has 0 aliphatic heterocycles. The van der Waals surface area contributed by atoms with Gasteiger partial charge in [-0.05, 0) is 42.6 Å². The number of hydrogen-bond acceptors (Lipinski definition) is 4. The minimum absolute atomic E-state index is 0.184. The van der Waals surface area contributed by atoms with Crippen LogP contribution < -0.4 is 5.32 Å². The molecule has 1 unspecified atom stereocenters. The first kappa shape index (κ1) is 17.1. The average molecular weight is 344 g/mol. The van der Waals surface area contributed by atoms with Gasteiger partial charge >= 0.3 is 0 Å². The minimum atomic E-state index is -0.184. The molecule has 0 fully saturated rings. The molecule has 1 aliphatic carbocycles. The number of aryl methyl sites for hydroxylation is 1. The molecule has 1 aromatic heterocycles. The summed E-state index contributed by atoms with van der Waals surface area (Å²) in [5.74, 6) is 1.23. The van der Waals surface area contributed by atoms with Crippen LogP contribution in [0.25, 0.3) is 0 Å². The Kier molecular flexibility index (Phi) is 4.72. The van der Waals surface area contributed by atoms with Crippen molar-refractivity contribution in [2.75, 3.05) is 11.6 Å². The van der Waals surface area contributed by atoms with Gasteiger partial charge in [-0.2, -0.15) is 0 Å². The first-order valence-electron chi connectivity index (χ1n) is 8.32. The van der Waals surface area contributed by atoms with Crippen LogP contribution in [-0.2, 0) is 12.8 Å². The van der Waals surface area contributed by atoms with E-state index in [1.54, 1.807) is 11.8 Å². The molecule has 1 N–H and O–H groups in total. The highest BCUT2D eigenvalue weighted by atomic mass is 32.2. The van der Waals surface area contributed by atoms with Crippen LogP contribution >= 0.6 is 11.8 Å². The highest BCUT2D eigenvalue weighted by molar-refractivity contribution is 7.98. The number of anilines is 1. The zero-order valence-electron chi connectivity index (χ0n) is 14.7. The van der Waals surface area contributed by atoms with Crippen LogP contribution in [0.4, 0.5) is 5.69 Å². The number of carbonyl (C=O) groups is 1. The number of rotatable bonds is 3. The molecule has 1 heterocycles. The first-order valence-corrected chi connectivity index (χ1v) is 9.54. The standard InChI is InChI=1S/C19H24N2O2S/c1-19(2,3)12-9-10-15-13(11-12)17(21-23-15)18(22)20-14-7-5-6-8-16(14)24-4/h5-8,12H,9-11H2,1-4H3,(H,20,22). The Morgan fingerprint density at radius 3 is 2.79 bits per heavy atom. The van der Waals surface area contributed by atoms with Gasteiger partial charge in [-0.15, -0.1) is 11.8 Å². The fourth-order valence-corrected chi connectivity index (χ4v) is 3.80. The second kappa shape index (κ2) is 6.63. The van der Waals surface area contributed by atoms with Gasteiger partial charge in [0.1, 0.15) is 5.76 Å². The fraction of sp³-hybridized carbons (Fsp3) is 0.474. The topological polar surface area (TPSA) is 55.1 Å². The van der Waals surface area contributed by atoms with E-state index in [1.165, 1.54) is 0 Å². The molecule has 3 rings (SSSR count). The highest BCUT2D eigenvalue weighted by Crippen LogP contribution is 2.38. The summed E-state index contributed by atoms with van der Waals surface area (Å²) < 4.78 is 5.45. The molecule has 1 atom stereocenters. The number of hydrogen-bond donors (Lipinski definition) is 1. The number of benzene rings is 1. The lowest BCUT2D eigenvalue weighted by Gasteiger charge is -2.33. The van der Waals surface area contributed by atoms with Gasteiger partial charge in [0.05, 0.1) is 5.69 Å². The van der Waals surface area contributed by atoms with E-state index >= 15 is 0 Å². The zero-order chi connectivity index (χ0) is 17.3. The lowest BCUT2D eigenvalue weighted by molar-refractivity contribution is 0.101. The number of amides is 1. The number of aromatic nitrogens is 1. The lowest BCUT2D eigenvalue weighted by Crippen LogP contribution is -2.27. The third-order valence-corrected chi connectivity index (χ3v) is 5.63. The van der Waals surface area contributed by atoms with Gasteiger partial charge in [-0.25, -0.2) is 0 Å². The number of fused-ring (bicyclic) bond motifs is 1. The summed E-state index contributed by atoms with van der Waals surface area (Å²) in [6.07, 6.45) is 4.80. The van der Waals surface area contributed by atoms with E-state index < -0.39 is 0 Å². The molecule has 1 amide bonds. The molecule has 128 valence electrons. The summed E-state index contributed by atoms with van der Waals surface area (Å²) >= 11 is 1.61. The molecule has 1 aliphatic rings. The van der Waals surface area contributed by atoms with E-state index in [-0.39, 0.29) is 11.3 Å². The van der Waals surface area contributed by atoms with Crippen LogP contribution in [0.5, 0.6) is 0 Å². The highest BCUT2D eigenvalue weighted by Gasteiger charge is 2.34. The maximum Gasteiger partial charge on any atom is 0.278 e. The largest absolute Gasteiger partial charge is 0.360 e. The van der Waals surface area contributed by atoms with Crippen molar-refractivity contribution in [2.45, 2.75) is 44.9 Å². The Balaban J connectivity index is 1.84. The Morgan fingerprint density at radius 1 is 1.33 bits per heavy atom. The van der Waals surface area contributed by atoms with E-state index in [4.69, 9.17) is 4.52 Å². The first-order chi connectivity index (χ1) is 11.4. The minimum Gasteiger partial charge on any atom is -0.360 e. The molecule has 0 saturated heterocycles. The summed E-state index contributed by atoms with van der Waals surface area (Å²) in [6, 6.07) is 7.79. The maximum atomic E-state index is 12.7. The molecular formula is C19H24N2O2S. The number of carbonyl (C=O) groups excluding carboxylic acids is 1. The smallest absolute Gasteiger partial charge is 0.278 e. The molecule has 2 aromatic rings. The number of para-hydroxylation sites is 1. The van der Waals surface area contributed by atoms with Crippen molar-refractivity contribution < 1.29 is 9.32 Å². The third-order valence-electron chi connectivity index (χ3n) is 4.83. The van der Waals surface area contributed by atoms with Gasteiger partial charge in [0.25, 0.3) is 5.91 Å². The van der Waals surface area contributed by atoms with E-state index in [0.29, 0.717) is 11.6 Å². The zero-order valence-corrected chi connectivity index (χ0v) is 15.5. The normalized spacial score (nSPS) is 17.4. The second-order valence-electron chi connectivity index (χ2n) is 7.39. The van der Waals surface area contributed by atoms with E-state index in [2.05, 4.69) is 31.2 Å². The number of thioether (sulfide) groups is 1. The van der Waals surface area contributed by atoms with Gasteiger partial charge in [-0.1, -0.05) is 38.1 Å². The number of nitrogens with zero attached hydrogens (tertiary/aromatic N) is 1. The molecule has 4 nitrogen and oxygen atoms in total. The predicted octanol–water partition coefficient (Wildman–Crippen LogP) is 4.80. The van der Waals surface area contributed by atoms with Crippen molar-refractivity contribution in [2.24, 2.45) is 11.3 Å². The SMILES string of the molecule is CSc1ccccc1NC(=O)c1noc2c1CC(C(C)(C)C)CC2. The van der Waals surface area contributed by atoms with Gasteiger partial charge in [-0.3, -0.25) is 4.79 Å². The average Bonchev–Trinajstić information content (AvgIpc) is 2.97. The van der Waals surface area contributed by atoms with Gasteiger partial charge in [0.15, 0.2) is 5.69 Å². The van der Waals surface area contributed by atoms with Crippen molar-refractivity contribution >= 4 is 23.4 Å². The van der Waals surface area contributed by atoms with Gasteiger partial charge in [0.2, 0.25) is 0 Å².